The Morgan fingerprint density at radius 1 is 1.14 bits per heavy atom. The maximum absolute atomic E-state index is 13.0. The van der Waals surface area contributed by atoms with Crippen molar-refractivity contribution in [3.05, 3.63) is 35.1 Å². The highest BCUT2D eigenvalue weighted by atomic mass is 19.1. The Balaban J connectivity index is 2.75. The fourth-order valence-corrected chi connectivity index (χ4v) is 1.13. The second-order valence-electron chi connectivity index (χ2n) is 3.02. The summed E-state index contributed by atoms with van der Waals surface area (Å²) in [6, 6.07) is 1.37. The fraction of sp³-hybridized carbons (Fsp3) is 0.400. The van der Waals surface area contributed by atoms with Gasteiger partial charge in [0, 0.05) is 24.2 Å². The minimum atomic E-state index is -0.890. The van der Waals surface area contributed by atoms with E-state index in [-0.39, 0.29) is 12.1 Å². The van der Waals surface area contributed by atoms with Crippen LogP contribution in [0.5, 0.6) is 0 Å². The van der Waals surface area contributed by atoms with Crippen molar-refractivity contribution in [2.24, 2.45) is 0 Å². The van der Waals surface area contributed by atoms with E-state index in [0.29, 0.717) is 18.7 Å². The van der Waals surface area contributed by atoms with Gasteiger partial charge in [0.1, 0.15) is 17.5 Å². The molecule has 0 aliphatic carbocycles. The van der Waals surface area contributed by atoms with Crippen LogP contribution < -0.4 is 5.32 Å². The zero-order chi connectivity index (χ0) is 10.6. The molecule has 78 valence electrons. The molecule has 0 atom stereocenters. The maximum atomic E-state index is 13.0. The van der Waals surface area contributed by atoms with Gasteiger partial charge in [-0.1, -0.05) is 6.92 Å². The van der Waals surface area contributed by atoms with Crippen LogP contribution in [-0.2, 0) is 6.54 Å². The monoisotopic (exact) mass is 203 g/mol. The third-order valence-electron chi connectivity index (χ3n) is 1.83. The van der Waals surface area contributed by atoms with Gasteiger partial charge in [0.2, 0.25) is 0 Å². The smallest absolute Gasteiger partial charge is 0.133 e. The van der Waals surface area contributed by atoms with Crippen molar-refractivity contribution in [2.45, 2.75) is 19.9 Å². The molecule has 0 aliphatic heterocycles. The summed E-state index contributed by atoms with van der Waals surface area (Å²) in [6.07, 6.45) is 0.879. The number of rotatable bonds is 4. The molecule has 0 saturated carbocycles. The highest BCUT2D eigenvalue weighted by Crippen LogP contribution is 2.14. The molecule has 4 heteroatoms. The molecule has 0 heterocycles. The predicted octanol–water partition coefficient (Wildman–Crippen LogP) is 2.60. The lowest BCUT2D eigenvalue weighted by atomic mass is 10.2. The number of nitrogens with one attached hydrogen (secondary N) is 1. The van der Waals surface area contributed by atoms with Crippen molar-refractivity contribution in [3.63, 3.8) is 0 Å². The van der Waals surface area contributed by atoms with Gasteiger partial charge < -0.3 is 5.32 Å². The Kier molecular flexibility index (Phi) is 3.95. The van der Waals surface area contributed by atoms with Crippen LogP contribution in [0.25, 0.3) is 0 Å². The predicted molar refractivity (Wildman–Crippen MR) is 48.3 cm³/mol. The molecule has 0 radical (unpaired) electrons. The van der Waals surface area contributed by atoms with Crippen LogP contribution in [-0.4, -0.2) is 6.54 Å². The molecule has 0 amide bonds. The molecule has 14 heavy (non-hydrogen) atoms. The van der Waals surface area contributed by atoms with E-state index in [2.05, 4.69) is 5.32 Å². The van der Waals surface area contributed by atoms with Crippen molar-refractivity contribution in [1.29, 1.82) is 0 Å². The van der Waals surface area contributed by atoms with E-state index in [4.69, 9.17) is 0 Å². The molecule has 1 aromatic rings. The lowest BCUT2D eigenvalue weighted by Crippen LogP contribution is -2.16. The van der Waals surface area contributed by atoms with Crippen LogP contribution in [0, 0.1) is 17.5 Å². The van der Waals surface area contributed by atoms with Crippen LogP contribution in [0.2, 0.25) is 0 Å². The fourth-order valence-electron chi connectivity index (χ4n) is 1.13. The van der Waals surface area contributed by atoms with E-state index < -0.39 is 17.5 Å². The summed E-state index contributed by atoms with van der Waals surface area (Å²) in [5.74, 6) is -2.57. The van der Waals surface area contributed by atoms with Gasteiger partial charge in [0.15, 0.2) is 0 Å². The summed E-state index contributed by atoms with van der Waals surface area (Å²) in [5.41, 5.74) is -0.111. The molecule has 1 aromatic carbocycles. The quantitative estimate of drug-likeness (QED) is 0.742. The first-order chi connectivity index (χ1) is 6.65. The molecule has 0 unspecified atom stereocenters. The second kappa shape index (κ2) is 5.00. The van der Waals surface area contributed by atoms with E-state index in [1.807, 2.05) is 6.92 Å². The molecular formula is C10H12F3N. The molecule has 0 aliphatic rings. The van der Waals surface area contributed by atoms with Crippen molar-refractivity contribution in [1.82, 2.24) is 5.32 Å². The summed E-state index contributed by atoms with van der Waals surface area (Å²) in [6.45, 7) is 2.71. The van der Waals surface area contributed by atoms with Gasteiger partial charge in [-0.05, 0) is 13.0 Å². The molecule has 0 saturated heterocycles. The zero-order valence-electron chi connectivity index (χ0n) is 7.91. The first kappa shape index (κ1) is 11.0. The van der Waals surface area contributed by atoms with Gasteiger partial charge in [-0.2, -0.15) is 0 Å². The highest BCUT2D eigenvalue weighted by Gasteiger charge is 2.10. The zero-order valence-corrected chi connectivity index (χ0v) is 7.91. The van der Waals surface area contributed by atoms with Crippen LogP contribution in [0.15, 0.2) is 12.1 Å². The van der Waals surface area contributed by atoms with E-state index >= 15 is 0 Å². The largest absolute Gasteiger partial charge is 0.312 e. The summed E-state index contributed by atoms with van der Waals surface area (Å²) in [4.78, 5) is 0. The van der Waals surface area contributed by atoms with Crippen molar-refractivity contribution in [2.75, 3.05) is 6.54 Å². The number of halogens is 3. The molecule has 1 nitrogen and oxygen atoms in total. The van der Waals surface area contributed by atoms with Crippen LogP contribution in [0.3, 0.4) is 0 Å². The number of hydrogen-bond acceptors (Lipinski definition) is 1. The highest BCUT2D eigenvalue weighted by molar-refractivity contribution is 5.20. The third kappa shape index (κ3) is 2.73. The molecule has 0 aromatic heterocycles. The SMILES string of the molecule is CCCNCc1c(F)cc(F)cc1F. The Labute approximate surface area is 80.9 Å². The van der Waals surface area contributed by atoms with Gasteiger partial charge in [-0.3, -0.25) is 0 Å². The molecule has 0 spiro atoms. The van der Waals surface area contributed by atoms with E-state index in [9.17, 15) is 13.2 Å². The Morgan fingerprint density at radius 3 is 2.21 bits per heavy atom. The van der Waals surface area contributed by atoms with Gasteiger partial charge in [0.05, 0.1) is 0 Å². The Hall–Kier alpha value is -1.03. The van der Waals surface area contributed by atoms with E-state index in [1.165, 1.54) is 0 Å². The normalized spacial score (nSPS) is 10.6. The minimum Gasteiger partial charge on any atom is -0.312 e. The number of hydrogen-bond donors (Lipinski definition) is 1. The van der Waals surface area contributed by atoms with Crippen LogP contribution >= 0.6 is 0 Å². The standard InChI is InChI=1S/C10H12F3N/c1-2-3-14-6-8-9(12)4-7(11)5-10(8)13/h4-5,14H,2-3,6H2,1H3. The van der Waals surface area contributed by atoms with Gasteiger partial charge in [-0.25, -0.2) is 13.2 Å². The third-order valence-corrected chi connectivity index (χ3v) is 1.83. The second-order valence-corrected chi connectivity index (χ2v) is 3.02. The van der Waals surface area contributed by atoms with Crippen molar-refractivity contribution in [3.8, 4) is 0 Å². The van der Waals surface area contributed by atoms with Gasteiger partial charge >= 0.3 is 0 Å². The van der Waals surface area contributed by atoms with Crippen LogP contribution in [0.4, 0.5) is 13.2 Å². The molecule has 1 rings (SSSR count). The van der Waals surface area contributed by atoms with E-state index in [0.717, 1.165) is 6.42 Å². The minimum absolute atomic E-state index is 0.0891. The van der Waals surface area contributed by atoms with E-state index in [1.54, 1.807) is 0 Å². The topological polar surface area (TPSA) is 12.0 Å². The molecule has 1 N–H and O–H groups in total. The Bertz CT molecular complexity index is 289. The Morgan fingerprint density at radius 2 is 1.71 bits per heavy atom. The average Bonchev–Trinajstić information content (AvgIpc) is 2.09. The van der Waals surface area contributed by atoms with Crippen molar-refractivity contribution < 1.29 is 13.2 Å². The first-order valence-corrected chi connectivity index (χ1v) is 4.49. The summed E-state index contributed by atoms with van der Waals surface area (Å²) >= 11 is 0. The van der Waals surface area contributed by atoms with Crippen molar-refractivity contribution >= 4 is 0 Å². The van der Waals surface area contributed by atoms with Gasteiger partial charge in [-0.15, -0.1) is 0 Å². The summed E-state index contributed by atoms with van der Waals surface area (Å²) in [5, 5.41) is 2.85. The first-order valence-electron chi connectivity index (χ1n) is 4.49. The average molecular weight is 203 g/mol. The maximum Gasteiger partial charge on any atom is 0.133 e. The molecular weight excluding hydrogens is 191 g/mol. The summed E-state index contributed by atoms with van der Waals surface area (Å²) < 4.78 is 38.5. The summed E-state index contributed by atoms with van der Waals surface area (Å²) in [7, 11) is 0. The van der Waals surface area contributed by atoms with Crippen LogP contribution in [0.1, 0.15) is 18.9 Å². The lowest BCUT2D eigenvalue weighted by molar-refractivity contribution is 0.510. The molecule has 0 bridgehead atoms. The molecule has 0 fully saturated rings. The number of benzene rings is 1. The lowest BCUT2D eigenvalue weighted by Gasteiger charge is -2.06. The van der Waals surface area contributed by atoms with Gasteiger partial charge in [0.25, 0.3) is 0 Å².